The standard InChI is InChI=1S/C6H12O10S2/c7-5-1-4(2-15-17(8,9)10)14-3-6(5)16-18(11,12)13/h4-7H,1-3H2,(H,8,9,10)(H,11,12,13)/t4?,5-,6?/m0/s1. The van der Waals surface area contributed by atoms with Crippen LogP contribution >= 0.6 is 0 Å². The van der Waals surface area contributed by atoms with Crippen LogP contribution in [0.1, 0.15) is 6.42 Å². The van der Waals surface area contributed by atoms with Crippen molar-refractivity contribution in [3.8, 4) is 0 Å². The van der Waals surface area contributed by atoms with Gasteiger partial charge in [0, 0.05) is 6.42 Å². The Morgan fingerprint density at radius 1 is 1.17 bits per heavy atom. The molecule has 0 aromatic carbocycles. The molecule has 12 heteroatoms. The quantitative estimate of drug-likeness (QED) is 0.492. The van der Waals surface area contributed by atoms with Gasteiger partial charge in [-0.1, -0.05) is 0 Å². The average Bonchev–Trinajstić information content (AvgIpc) is 2.15. The van der Waals surface area contributed by atoms with Crippen molar-refractivity contribution < 1.29 is 44.2 Å². The lowest BCUT2D eigenvalue weighted by atomic mass is 10.0. The molecule has 3 N–H and O–H groups in total. The molecule has 18 heavy (non-hydrogen) atoms. The van der Waals surface area contributed by atoms with Gasteiger partial charge in [0.2, 0.25) is 0 Å². The van der Waals surface area contributed by atoms with Crippen LogP contribution in [0.5, 0.6) is 0 Å². The summed E-state index contributed by atoms with van der Waals surface area (Å²) in [6.45, 7) is -0.922. The topological polar surface area (TPSA) is 157 Å². The van der Waals surface area contributed by atoms with Crippen LogP contribution in [0.3, 0.4) is 0 Å². The van der Waals surface area contributed by atoms with E-state index in [9.17, 15) is 21.9 Å². The maximum absolute atomic E-state index is 10.4. The third kappa shape index (κ3) is 6.01. The fourth-order valence-corrected chi connectivity index (χ4v) is 2.18. The van der Waals surface area contributed by atoms with Crippen molar-refractivity contribution in [1.82, 2.24) is 0 Å². The molecule has 1 fully saturated rings. The van der Waals surface area contributed by atoms with Crippen LogP contribution in [0.2, 0.25) is 0 Å². The second-order valence-electron chi connectivity index (χ2n) is 3.53. The number of aliphatic hydroxyl groups excluding tert-OH is 1. The van der Waals surface area contributed by atoms with Crippen molar-refractivity contribution in [1.29, 1.82) is 0 Å². The van der Waals surface area contributed by atoms with Crippen LogP contribution in [0.25, 0.3) is 0 Å². The van der Waals surface area contributed by atoms with E-state index in [0.29, 0.717) is 0 Å². The molecule has 0 aromatic rings. The maximum Gasteiger partial charge on any atom is 0.397 e. The highest BCUT2D eigenvalue weighted by atomic mass is 32.3. The van der Waals surface area contributed by atoms with Crippen molar-refractivity contribution in [2.75, 3.05) is 13.2 Å². The maximum atomic E-state index is 10.4. The Bertz CT molecular complexity index is 467. The third-order valence-electron chi connectivity index (χ3n) is 2.08. The van der Waals surface area contributed by atoms with Gasteiger partial charge in [0.15, 0.2) is 0 Å². The molecule has 108 valence electrons. The fourth-order valence-electron chi connectivity index (χ4n) is 1.36. The molecular weight excluding hydrogens is 296 g/mol. The molecule has 0 saturated carbocycles. The van der Waals surface area contributed by atoms with Crippen LogP contribution in [0, 0.1) is 0 Å². The number of rotatable bonds is 5. The molecule has 1 aliphatic heterocycles. The van der Waals surface area contributed by atoms with Crippen LogP contribution < -0.4 is 0 Å². The van der Waals surface area contributed by atoms with E-state index in [1.165, 1.54) is 0 Å². The molecule has 0 aliphatic carbocycles. The highest BCUT2D eigenvalue weighted by Crippen LogP contribution is 2.19. The minimum atomic E-state index is -4.72. The van der Waals surface area contributed by atoms with E-state index in [-0.39, 0.29) is 13.0 Å². The summed E-state index contributed by atoms with van der Waals surface area (Å²) >= 11 is 0. The van der Waals surface area contributed by atoms with Crippen LogP contribution in [0.4, 0.5) is 0 Å². The predicted molar refractivity (Wildman–Crippen MR) is 54.3 cm³/mol. The summed E-state index contributed by atoms with van der Waals surface area (Å²) in [5, 5.41) is 9.48. The second-order valence-corrected chi connectivity index (χ2v) is 5.67. The molecule has 1 heterocycles. The molecule has 0 radical (unpaired) electrons. The van der Waals surface area contributed by atoms with Crippen molar-refractivity contribution in [3.63, 3.8) is 0 Å². The van der Waals surface area contributed by atoms with Gasteiger partial charge in [-0.3, -0.25) is 9.11 Å². The number of aliphatic hydroxyl groups is 1. The molecule has 0 amide bonds. The molecular formula is C6H12O10S2. The Kier molecular flexibility index (Phi) is 5.02. The number of ether oxygens (including phenoxy) is 1. The lowest BCUT2D eigenvalue weighted by Crippen LogP contribution is -2.45. The van der Waals surface area contributed by atoms with Gasteiger partial charge < -0.3 is 9.84 Å². The van der Waals surface area contributed by atoms with Gasteiger partial charge >= 0.3 is 20.8 Å². The molecule has 3 atom stereocenters. The molecule has 10 nitrogen and oxygen atoms in total. The summed E-state index contributed by atoms with van der Waals surface area (Å²) < 4.78 is 71.2. The van der Waals surface area contributed by atoms with E-state index in [4.69, 9.17) is 13.8 Å². The van der Waals surface area contributed by atoms with E-state index in [2.05, 4.69) is 8.37 Å². The Morgan fingerprint density at radius 2 is 1.78 bits per heavy atom. The summed E-state index contributed by atoms with van der Waals surface area (Å²) in [5.74, 6) is 0. The summed E-state index contributed by atoms with van der Waals surface area (Å²) in [6.07, 6.45) is -3.63. The first-order valence-electron chi connectivity index (χ1n) is 4.64. The summed E-state index contributed by atoms with van der Waals surface area (Å²) in [7, 11) is -9.33. The summed E-state index contributed by atoms with van der Waals surface area (Å²) in [6, 6.07) is 0. The van der Waals surface area contributed by atoms with Crippen molar-refractivity contribution in [2.45, 2.75) is 24.7 Å². The van der Waals surface area contributed by atoms with Gasteiger partial charge in [-0.15, -0.1) is 0 Å². The van der Waals surface area contributed by atoms with Gasteiger partial charge in [-0.25, -0.2) is 8.37 Å². The van der Waals surface area contributed by atoms with Gasteiger partial charge in [0.05, 0.1) is 25.4 Å². The van der Waals surface area contributed by atoms with E-state index in [1.807, 2.05) is 0 Å². The van der Waals surface area contributed by atoms with Gasteiger partial charge in [-0.2, -0.15) is 16.8 Å². The summed E-state index contributed by atoms with van der Waals surface area (Å²) in [5.41, 5.74) is 0. The molecule has 1 saturated heterocycles. The monoisotopic (exact) mass is 308 g/mol. The lowest BCUT2D eigenvalue weighted by Gasteiger charge is -2.31. The zero-order valence-corrected chi connectivity index (χ0v) is 10.5. The van der Waals surface area contributed by atoms with E-state index in [0.717, 1.165) is 0 Å². The first-order chi connectivity index (χ1) is 8.07. The Morgan fingerprint density at radius 3 is 2.22 bits per heavy atom. The van der Waals surface area contributed by atoms with Gasteiger partial charge in [0.1, 0.15) is 6.10 Å². The minimum absolute atomic E-state index is 0.185. The highest BCUT2D eigenvalue weighted by molar-refractivity contribution is 7.81. The van der Waals surface area contributed by atoms with Gasteiger partial charge in [0.25, 0.3) is 0 Å². The minimum Gasteiger partial charge on any atom is -0.390 e. The average molecular weight is 308 g/mol. The van der Waals surface area contributed by atoms with E-state index >= 15 is 0 Å². The van der Waals surface area contributed by atoms with E-state index in [1.54, 1.807) is 0 Å². The molecule has 0 aromatic heterocycles. The highest BCUT2D eigenvalue weighted by Gasteiger charge is 2.34. The Labute approximate surface area is 103 Å². The van der Waals surface area contributed by atoms with Crippen LogP contribution in [-0.2, 0) is 33.9 Å². The van der Waals surface area contributed by atoms with E-state index < -0.39 is 45.7 Å². The lowest BCUT2D eigenvalue weighted by molar-refractivity contribution is -0.120. The number of hydrogen-bond acceptors (Lipinski definition) is 8. The first kappa shape index (κ1) is 15.7. The fraction of sp³-hybridized carbons (Fsp3) is 1.00. The van der Waals surface area contributed by atoms with Crippen LogP contribution in [0.15, 0.2) is 0 Å². The van der Waals surface area contributed by atoms with Crippen LogP contribution in [-0.4, -0.2) is 62.6 Å². The Balaban J connectivity index is 2.46. The van der Waals surface area contributed by atoms with Crippen molar-refractivity contribution in [2.24, 2.45) is 0 Å². The molecule has 0 spiro atoms. The van der Waals surface area contributed by atoms with Gasteiger partial charge in [-0.05, 0) is 0 Å². The molecule has 1 rings (SSSR count). The van der Waals surface area contributed by atoms with Crippen molar-refractivity contribution in [3.05, 3.63) is 0 Å². The normalized spacial score (nSPS) is 30.3. The number of hydrogen-bond donors (Lipinski definition) is 3. The largest absolute Gasteiger partial charge is 0.397 e. The molecule has 1 aliphatic rings. The van der Waals surface area contributed by atoms with Crippen molar-refractivity contribution >= 4 is 20.8 Å². The SMILES string of the molecule is O=S(=O)(O)OCC1C[C@H](O)C(OS(=O)(=O)O)CO1. The predicted octanol–water partition coefficient (Wildman–Crippen LogP) is -1.86. The molecule has 0 bridgehead atoms. The zero-order valence-electron chi connectivity index (χ0n) is 8.87. The molecule has 2 unspecified atom stereocenters. The first-order valence-corrected chi connectivity index (χ1v) is 7.37. The second kappa shape index (κ2) is 5.75. The smallest absolute Gasteiger partial charge is 0.390 e. The third-order valence-corrected chi connectivity index (χ3v) is 3.00. The zero-order chi connectivity index (χ0) is 14.0. The Hall–Kier alpha value is -0.340. The summed E-state index contributed by atoms with van der Waals surface area (Å²) in [4.78, 5) is 0.